The van der Waals surface area contributed by atoms with Gasteiger partial charge in [-0.3, -0.25) is 4.79 Å². The Labute approximate surface area is 209 Å². The number of ether oxygens (including phenoxy) is 2. The Kier molecular flexibility index (Phi) is 6.35. The number of amides is 1. The van der Waals surface area contributed by atoms with Crippen molar-refractivity contribution in [2.75, 3.05) is 44.3 Å². The van der Waals surface area contributed by atoms with E-state index in [1.54, 1.807) is 6.20 Å². The molecule has 6 atom stereocenters. The summed E-state index contributed by atoms with van der Waals surface area (Å²) in [6.07, 6.45) is 1.77. The molecule has 0 radical (unpaired) electrons. The zero-order valence-corrected chi connectivity index (χ0v) is 20.8. The Morgan fingerprint density at radius 1 is 1.31 bits per heavy atom. The van der Waals surface area contributed by atoms with E-state index in [0.717, 1.165) is 24.0 Å². The molecule has 5 heterocycles. The van der Waals surface area contributed by atoms with Crippen molar-refractivity contribution in [3.05, 3.63) is 18.1 Å². The van der Waals surface area contributed by atoms with E-state index in [1.165, 1.54) is 0 Å². The fraction of sp³-hybridized carbons (Fsp3) is 0.720. The van der Waals surface area contributed by atoms with Crippen molar-refractivity contribution in [3.8, 4) is 0 Å². The molecular formula is C25H35FN6O4. The van der Waals surface area contributed by atoms with Crippen LogP contribution < -0.4 is 4.90 Å². The number of aliphatic hydroxyl groups excluding tert-OH is 1. The van der Waals surface area contributed by atoms with Gasteiger partial charge in [0.05, 0.1) is 24.8 Å². The number of alkyl halides is 1. The van der Waals surface area contributed by atoms with E-state index in [-0.39, 0.29) is 24.1 Å². The number of piperazine rings is 1. The summed E-state index contributed by atoms with van der Waals surface area (Å²) in [6.45, 7) is 7.50. The molecule has 0 aromatic carbocycles. The number of pyridine rings is 1. The summed E-state index contributed by atoms with van der Waals surface area (Å²) < 4.78 is 25.1. The molecule has 11 heteroatoms. The number of fused-ring (bicyclic) bond motifs is 3. The van der Waals surface area contributed by atoms with Crippen LogP contribution in [0.5, 0.6) is 0 Å². The third-order valence-electron chi connectivity index (χ3n) is 7.79. The Morgan fingerprint density at radius 3 is 2.75 bits per heavy atom. The lowest BCUT2D eigenvalue weighted by molar-refractivity contribution is -0.222. The molecule has 2 aromatic heterocycles. The maximum Gasteiger partial charge on any atom is 0.229 e. The molecule has 1 saturated carbocycles. The third-order valence-corrected chi connectivity index (χ3v) is 7.79. The van der Waals surface area contributed by atoms with Gasteiger partial charge in [0.1, 0.15) is 23.6 Å². The minimum Gasteiger partial charge on any atom is -0.368 e. The van der Waals surface area contributed by atoms with Crippen molar-refractivity contribution >= 4 is 22.8 Å². The quantitative estimate of drug-likeness (QED) is 0.553. The second-order valence-corrected chi connectivity index (χ2v) is 11.0. The average molecular weight is 503 g/mol. The van der Waals surface area contributed by atoms with Gasteiger partial charge in [-0.15, -0.1) is 0 Å². The summed E-state index contributed by atoms with van der Waals surface area (Å²) in [7, 11) is 0. The van der Waals surface area contributed by atoms with Crippen LogP contribution in [0.4, 0.5) is 10.1 Å². The number of aromatic amines is 1. The van der Waals surface area contributed by atoms with Gasteiger partial charge in [0.15, 0.2) is 5.65 Å². The molecule has 2 bridgehead atoms. The maximum atomic E-state index is 13.6. The topological polar surface area (TPSA) is 107 Å². The molecule has 0 spiro atoms. The number of hydrogen-bond acceptors (Lipinski definition) is 8. The molecule has 1 aliphatic carbocycles. The second-order valence-electron chi connectivity index (χ2n) is 11.0. The fourth-order valence-corrected chi connectivity index (χ4v) is 5.82. The summed E-state index contributed by atoms with van der Waals surface area (Å²) in [4.78, 5) is 31.6. The molecule has 3 aliphatic heterocycles. The molecule has 196 valence electrons. The lowest BCUT2D eigenvalue weighted by atomic mass is 10.1. The van der Waals surface area contributed by atoms with E-state index >= 15 is 0 Å². The van der Waals surface area contributed by atoms with Crippen LogP contribution in [0.1, 0.15) is 45.0 Å². The first-order chi connectivity index (χ1) is 17.4. The monoisotopic (exact) mass is 502 g/mol. The van der Waals surface area contributed by atoms with E-state index in [4.69, 9.17) is 14.5 Å². The van der Waals surface area contributed by atoms with Crippen LogP contribution in [-0.2, 0) is 14.3 Å². The van der Waals surface area contributed by atoms with Crippen molar-refractivity contribution in [1.29, 1.82) is 0 Å². The molecule has 2 aromatic rings. The number of carbonyl (C=O) groups is 1. The van der Waals surface area contributed by atoms with Crippen molar-refractivity contribution in [3.63, 3.8) is 0 Å². The molecule has 4 aliphatic rings. The highest BCUT2D eigenvalue weighted by Gasteiger charge is 2.51. The first kappa shape index (κ1) is 24.0. The largest absolute Gasteiger partial charge is 0.368 e. The van der Waals surface area contributed by atoms with E-state index < -0.39 is 18.5 Å². The Morgan fingerprint density at radius 2 is 2.06 bits per heavy atom. The van der Waals surface area contributed by atoms with Gasteiger partial charge in [-0.1, -0.05) is 13.8 Å². The number of morpholine rings is 1. The second kappa shape index (κ2) is 9.51. The minimum absolute atomic E-state index is 0.00286. The van der Waals surface area contributed by atoms with Gasteiger partial charge >= 0.3 is 0 Å². The van der Waals surface area contributed by atoms with Gasteiger partial charge in [-0.25, -0.2) is 19.3 Å². The van der Waals surface area contributed by atoms with E-state index in [0.29, 0.717) is 63.2 Å². The number of halogens is 1. The first-order valence-electron chi connectivity index (χ1n) is 13.1. The predicted octanol–water partition coefficient (Wildman–Crippen LogP) is 1.82. The van der Waals surface area contributed by atoms with E-state index in [9.17, 15) is 14.3 Å². The predicted molar refractivity (Wildman–Crippen MR) is 130 cm³/mol. The molecule has 4 fully saturated rings. The highest BCUT2D eigenvalue weighted by atomic mass is 19.1. The zero-order chi connectivity index (χ0) is 25.0. The van der Waals surface area contributed by atoms with Crippen molar-refractivity contribution in [2.45, 2.75) is 63.9 Å². The molecule has 1 amide bonds. The van der Waals surface area contributed by atoms with Gasteiger partial charge in [0.25, 0.3) is 0 Å². The number of nitrogens with one attached hydrogen (secondary N) is 1. The normalized spacial score (nSPS) is 31.4. The minimum atomic E-state index is -0.977. The van der Waals surface area contributed by atoms with Gasteiger partial charge < -0.3 is 29.4 Å². The lowest BCUT2D eigenvalue weighted by Crippen LogP contribution is -2.56. The van der Waals surface area contributed by atoms with Crippen molar-refractivity contribution < 1.29 is 23.8 Å². The molecule has 2 N–H and O–H groups in total. The van der Waals surface area contributed by atoms with Crippen molar-refractivity contribution in [2.24, 2.45) is 11.8 Å². The molecular weight excluding hydrogens is 467 g/mol. The number of imidazole rings is 1. The lowest BCUT2D eigenvalue weighted by Gasteiger charge is -2.42. The van der Waals surface area contributed by atoms with E-state index in [2.05, 4.69) is 14.9 Å². The van der Waals surface area contributed by atoms with E-state index in [1.807, 2.05) is 29.7 Å². The highest BCUT2D eigenvalue weighted by Crippen LogP contribution is 2.41. The van der Waals surface area contributed by atoms with Gasteiger partial charge in [0.2, 0.25) is 12.3 Å². The van der Waals surface area contributed by atoms with Crippen LogP contribution in [0, 0.1) is 11.8 Å². The first-order valence-corrected chi connectivity index (χ1v) is 13.1. The van der Waals surface area contributed by atoms with Crippen LogP contribution in [0.3, 0.4) is 0 Å². The third kappa shape index (κ3) is 4.46. The molecule has 4 unspecified atom stereocenters. The highest BCUT2D eigenvalue weighted by molar-refractivity contribution is 5.87. The summed E-state index contributed by atoms with van der Waals surface area (Å²) >= 11 is 0. The van der Waals surface area contributed by atoms with Crippen LogP contribution >= 0.6 is 0 Å². The molecule has 36 heavy (non-hydrogen) atoms. The smallest absolute Gasteiger partial charge is 0.229 e. The standard InChI is InChI=1S/C25H35FN6O4/c1-14(2)13-36-25(34)30-7-8-35-20(12-30)22-28-21-19(5-6-27-23(21)29-22)31-10-15-3-4-16(11-31)32(15)24(33)17-9-18(17)26/h5-6,14-18,20,25,34H,3-4,7-13H2,1-2H3,(H,27,28,29)/t15?,16?,17-,18-,20?,25?/m1/s1. The number of carbonyl (C=O) groups excluding carboxylic acids is 1. The van der Waals surface area contributed by atoms with Gasteiger partial charge in [0, 0.05) is 44.5 Å². The van der Waals surface area contributed by atoms with Gasteiger partial charge in [-0.05, 0) is 31.2 Å². The summed E-state index contributed by atoms with van der Waals surface area (Å²) in [5.41, 5.74) is 2.46. The fourth-order valence-electron chi connectivity index (χ4n) is 5.82. The molecule has 3 saturated heterocycles. The van der Waals surface area contributed by atoms with Crippen LogP contribution in [0.2, 0.25) is 0 Å². The summed E-state index contributed by atoms with van der Waals surface area (Å²) in [6, 6.07) is 2.20. The molecule has 10 nitrogen and oxygen atoms in total. The number of aromatic nitrogens is 3. The van der Waals surface area contributed by atoms with Crippen LogP contribution in [0.15, 0.2) is 12.3 Å². The number of anilines is 1. The molecule has 6 rings (SSSR count). The van der Waals surface area contributed by atoms with Crippen LogP contribution in [-0.4, -0.2) is 99.8 Å². The van der Waals surface area contributed by atoms with Crippen LogP contribution in [0.25, 0.3) is 11.2 Å². The number of H-pyrrole nitrogens is 1. The Balaban J connectivity index is 1.18. The summed E-state index contributed by atoms with van der Waals surface area (Å²) in [5, 5.41) is 10.5. The number of nitrogens with zero attached hydrogens (tertiary/aromatic N) is 5. The number of aliphatic hydroxyl groups is 1. The maximum absolute atomic E-state index is 13.6. The zero-order valence-electron chi connectivity index (χ0n) is 20.8. The SMILES string of the molecule is CC(C)COC(O)N1CCOC(c2nc3nccc(N4CC5CCC(C4)N5C(=O)[C@@H]4C[C@H]4F)c3[nH]2)C1. The van der Waals surface area contributed by atoms with Gasteiger partial charge in [-0.2, -0.15) is 0 Å². The summed E-state index contributed by atoms with van der Waals surface area (Å²) in [5.74, 6) is 0.579. The number of rotatable bonds is 7. The Hall–Kier alpha value is -2.34. The van der Waals surface area contributed by atoms with Crippen molar-refractivity contribution in [1.82, 2.24) is 24.8 Å². The Bertz CT molecular complexity index is 1100. The number of hydrogen-bond donors (Lipinski definition) is 2. The average Bonchev–Trinajstić information content (AvgIpc) is 3.34.